The quantitative estimate of drug-likeness (QED) is 0.454. The number of amidine groups is 1. The van der Waals surface area contributed by atoms with Crippen molar-refractivity contribution in [1.29, 1.82) is 5.41 Å². The van der Waals surface area contributed by atoms with Crippen molar-refractivity contribution in [3.8, 4) is 0 Å². The molecule has 3 heteroatoms. The fourth-order valence-corrected chi connectivity index (χ4v) is 1.35. The van der Waals surface area contributed by atoms with Crippen LogP contribution in [0.5, 0.6) is 0 Å². The van der Waals surface area contributed by atoms with Crippen molar-refractivity contribution < 1.29 is 0 Å². The lowest BCUT2D eigenvalue weighted by Crippen LogP contribution is -2.51. The van der Waals surface area contributed by atoms with Gasteiger partial charge in [0.05, 0.1) is 0 Å². The number of allylic oxidation sites excluding steroid dienone is 3. The summed E-state index contributed by atoms with van der Waals surface area (Å²) in [5.74, 6) is 0.158. The first kappa shape index (κ1) is 9.84. The average Bonchev–Trinajstić information content (AvgIpc) is 2.04. The monoisotopic (exact) mass is 179 g/mol. The number of rotatable bonds is 3. The molecule has 0 fully saturated rings. The van der Waals surface area contributed by atoms with Gasteiger partial charge in [0.2, 0.25) is 0 Å². The Morgan fingerprint density at radius 2 is 2.38 bits per heavy atom. The van der Waals surface area contributed by atoms with Crippen molar-refractivity contribution in [2.24, 2.45) is 5.73 Å². The van der Waals surface area contributed by atoms with E-state index in [0.29, 0.717) is 0 Å². The molecule has 0 bridgehead atoms. The molecule has 1 aliphatic heterocycles. The summed E-state index contributed by atoms with van der Waals surface area (Å²) < 4.78 is 0. The van der Waals surface area contributed by atoms with Crippen LogP contribution >= 0.6 is 0 Å². The first-order valence-corrected chi connectivity index (χ1v) is 4.59. The summed E-state index contributed by atoms with van der Waals surface area (Å²) in [4.78, 5) is 0. The number of nitrogens with two attached hydrogens (primary N) is 1. The Morgan fingerprint density at radius 1 is 1.69 bits per heavy atom. The first-order chi connectivity index (χ1) is 6.08. The maximum absolute atomic E-state index is 7.44. The summed E-state index contributed by atoms with van der Waals surface area (Å²) in [5.41, 5.74) is 6.17. The highest BCUT2D eigenvalue weighted by atomic mass is 15.0. The number of dihydropyridines is 1. The van der Waals surface area contributed by atoms with Gasteiger partial charge >= 0.3 is 0 Å². The van der Waals surface area contributed by atoms with E-state index in [1.165, 1.54) is 0 Å². The summed E-state index contributed by atoms with van der Waals surface area (Å²) >= 11 is 0. The van der Waals surface area contributed by atoms with Crippen LogP contribution in [0.25, 0.3) is 0 Å². The largest absolute Gasteiger partial charge is 0.385 e. The van der Waals surface area contributed by atoms with Crippen LogP contribution in [-0.2, 0) is 0 Å². The Labute approximate surface area is 79.2 Å². The van der Waals surface area contributed by atoms with Crippen molar-refractivity contribution in [3.63, 3.8) is 0 Å². The van der Waals surface area contributed by atoms with Crippen LogP contribution in [0.3, 0.4) is 0 Å². The third kappa shape index (κ3) is 2.11. The molecule has 1 rings (SSSR count). The van der Waals surface area contributed by atoms with Gasteiger partial charge in [-0.05, 0) is 19.4 Å². The molecule has 1 aliphatic rings. The van der Waals surface area contributed by atoms with Gasteiger partial charge in [0, 0.05) is 5.70 Å². The van der Waals surface area contributed by atoms with E-state index in [9.17, 15) is 0 Å². The van der Waals surface area contributed by atoms with Gasteiger partial charge < -0.3 is 11.1 Å². The highest BCUT2D eigenvalue weighted by Crippen LogP contribution is 2.16. The van der Waals surface area contributed by atoms with Gasteiger partial charge in [0.25, 0.3) is 0 Å². The van der Waals surface area contributed by atoms with Crippen molar-refractivity contribution >= 4 is 5.84 Å². The van der Waals surface area contributed by atoms with Crippen LogP contribution in [0.1, 0.15) is 26.7 Å². The van der Waals surface area contributed by atoms with Crippen LogP contribution in [-0.4, -0.2) is 11.4 Å². The van der Waals surface area contributed by atoms with Crippen LogP contribution < -0.4 is 11.1 Å². The Bertz CT molecular complexity index is 265. The van der Waals surface area contributed by atoms with Gasteiger partial charge in [0.1, 0.15) is 11.4 Å². The Morgan fingerprint density at radius 3 is 2.92 bits per heavy atom. The third-order valence-electron chi connectivity index (χ3n) is 2.23. The lowest BCUT2D eigenvalue weighted by Gasteiger charge is -2.31. The Hall–Kier alpha value is -1.25. The van der Waals surface area contributed by atoms with Gasteiger partial charge in [-0.15, -0.1) is 0 Å². The minimum Gasteiger partial charge on any atom is -0.385 e. The van der Waals surface area contributed by atoms with Crippen LogP contribution in [0, 0.1) is 5.41 Å². The van der Waals surface area contributed by atoms with Gasteiger partial charge in [-0.2, -0.15) is 0 Å². The first-order valence-electron chi connectivity index (χ1n) is 4.59. The van der Waals surface area contributed by atoms with E-state index in [2.05, 4.69) is 12.2 Å². The average molecular weight is 179 g/mol. The summed E-state index contributed by atoms with van der Waals surface area (Å²) in [6.45, 7) is 4.04. The van der Waals surface area contributed by atoms with Gasteiger partial charge in [-0.25, -0.2) is 0 Å². The van der Waals surface area contributed by atoms with E-state index >= 15 is 0 Å². The molecule has 4 N–H and O–H groups in total. The molecule has 0 aromatic carbocycles. The van der Waals surface area contributed by atoms with Crippen molar-refractivity contribution in [3.05, 3.63) is 23.9 Å². The molecular weight excluding hydrogens is 162 g/mol. The Kier molecular flexibility index (Phi) is 2.76. The lowest BCUT2D eigenvalue weighted by atomic mass is 9.96. The van der Waals surface area contributed by atoms with Gasteiger partial charge in [0.15, 0.2) is 0 Å². The predicted octanol–water partition coefficient (Wildman–Crippen LogP) is 1.52. The molecule has 13 heavy (non-hydrogen) atoms. The van der Waals surface area contributed by atoms with Crippen molar-refractivity contribution in [2.45, 2.75) is 32.2 Å². The molecule has 72 valence electrons. The van der Waals surface area contributed by atoms with E-state index in [1.54, 1.807) is 0 Å². The molecule has 1 heterocycles. The standard InChI is InChI=1S/C10H17N3/c1-3-5-8-6-4-7-10(2,13-8)9(11)12/h4,6-7,13H,3,5H2,1-2H3,(H3,11,12). The predicted molar refractivity (Wildman–Crippen MR) is 55.6 cm³/mol. The molecule has 0 amide bonds. The lowest BCUT2D eigenvalue weighted by molar-refractivity contribution is 0.586. The Balaban J connectivity index is 2.74. The van der Waals surface area contributed by atoms with Gasteiger partial charge in [-0.3, -0.25) is 5.41 Å². The highest BCUT2D eigenvalue weighted by Gasteiger charge is 2.26. The van der Waals surface area contributed by atoms with Crippen LogP contribution in [0.15, 0.2) is 23.9 Å². The summed E-state index contributed by atoms with van der Waals surface area (Å²) in [6, 6.07) is 0. The second-order valence-corrected chi connectivity index (χ2v) is 3.54. The molecule has 1 atom stereocenters. The number of hydrogen-bond donors (Lipinski definition) is 3. The molecule has 3 nitrogen and oxygen atoms in total. The smallest absolute Gasteiger partial charge is 0.121 e. The maximum atomic E-state index is 7.44. The van der Waals surface area contributed by atoms with Crippen LogP contribution in [0.4, 0.5) is 0 Å². The van der Waals surface area contributed by atoms with E-state index in [4.69, 9.17) is 11.1 Å². The molecule has 0 aliphatic carbocycles. The van der Waals surface area contributed by atoms with Crippen molar-refractivity contribution in [2.75, 3.05) is 0 Å². The molecule has 0 spiro atoms. The zero-order valence-corrected chi connectivity index (χ0v) is 8.22. The van der Waals surface area contributed by atoms with Crippen LogP contribution in [0.2, 0.25) is 0 Å². The molecule has 0 saturated heterocycles. The van der Waals surface area contributed by atoms with E-state index in [-0.39, 0.29) is 5.84 Å². The molecule has 0 radical (unpaired) electrons. The zero-order chi connectivity index (χ0) is 9.90. The molecular formula is C10H17N3. The summed E-state index contributed by atoms with van der Waals surface area (Å²) in [5, 5.41) is 10.7. The maximum Gasteiger partial charge on any atom is 0.121 e. The van der Waals surface area contributed by atoms with E-state index in [0.717, 1.165) is 18.5 Å². The fourth-order valence-electron chi connectivity index (χ4n) is 1.35. The molecule has 0 saturated carbocycles. The fraction of sp³-hybridized carbons (Fsp3) is 0.500. The van der Waals surface area contributed by atoms with E-state index in [1.807, 2.05) is 25.2 Å². The minimum atomic E-state index is -0.487. The normalized spacial score (nSPS) is 26.5. The minimum absolute atomic E-state index is 0.158. The molecule has 1 unspecified atom stereocenters. The van der Waals surface area contributed by atoms with Gasteiger partial charge in [-0.1, -0.05) is 25.5 Å². The highest BCUT2D eigenvalue weighted by molar-refractivity contribution is 5.89. The number of nitrogens with one attached hydrogen (secondary N) is 2. The topological polar surface area (TPSA) is 61.9 Å². The molecule has 0 aromatic rings. The second kappa shape index (κ2) is 3.64. The zero-order valence-electron chi connectivity index (χ0n) is 8.22. The van der Waals surface area contributed by atoms with E-state index < -0.39 is 5.54 Å². The summed E-state index contributed by atoms with van der Waals surface area (Å²) in [6.07, 6.45) is 8.01. The SMILES string of the molecule is CCCC1=CC=CC(C)(C(=N)N)N1. The third-order valence-corrected chi connectivity index (χ3v) is 2.23. The summed E-state index contributed by atoms with van der Waals surface area (Å²) in [7, 11) is 0. The number of hydrogen-bond acceptors (Lipinski definition) is 2. The van der Waals surface area contributed by atoms with Crippen molar-refractivity contribution in [1.82, 2.24) is 5.32 Å². The second-order valence-electron chi connectivity index (χ2n) is 3.54. The molecule has 0 aromatic heterocycles.